The molecule has 0 radical (unpaired) electrons. The van der Waals surface area contributed by atoms with Crippen LogP contribution in [0.3, 0.4) is 0 Å². The van der Waals surface area contributed by atoms with Gasteiger partial charge >= 0.3 is 0 Å². The Kier molecular flexibility index (Phi) is 6.10. The van der Waals surface area contributed by atoms with E-state index >= 15 is 0 Å². The molecule has 2 N–H and O–H groups in total. The molecule has 0 bridgehead atoms. The molecule has 0 aliphatic rings. The fourth-order valence-electron chi connectivity index (χ4n) is 1.32. The van der Waals surface area contributed by atoms with Gasteiger partial charge in [0.25, 0.3) is 0 Å². The molecule has 0 saturated carbocycles. The van der Waals surface area contributed by atoms with Crippen molar-refractivity contribution in [3.8, 4) is 0 Å². The summed E-state index contributed by atoms with van der Waals surface area (Å²) in [5, 5.41) is 3.09. The van der Waals surface area contributed by atoms with Crippen LogP contribution in [0.4, 0.5) is 0 Å². The standard InChI is InChI=1S/C11H19N3O2S/c1-2-12-7-5-9-17(15,16)14-10-11-6-3-4-8-13-11/h3-4,6,8,12,14H,2,5,7,9-10H2,1H3. The second kappa shape index (κ2) is 7.37. The normalized spacial score (nSPS) is 11.6. The third-order valence-corrected chi connectivity index (χ3v) is 3.63. The van der Waals surface area contributed by atoms with Crippen molar-refractivity contribution in [1.82, 2.24) is 15.0 Å². The van der Waals surface area contributed by atoms with Gasteiger partial charge in [-0.3, -0.25) is 4.98 Å². The molecule has 1 rings (SSSR count). The van der Waals surface area contributed by atoms with Gasteiger partial charge in [0.15, 0.2) is 0 Å². The predicted octanol–water partition coefficient (Wildman–Crippen LogP) is 0.501. The fraction of sp³-hybridized carbons (Fsp3) is 0.545. The zero-order valence-electron chi connectivity index (χ0n) is 10.0. The minimum absolute atomic E-state index is 0.146. The Morgan fingerprint density at radius 2 is 2.18 bits per heavy atom. The zero-order chi connectivity index (χ0) is 12.6. The van der Waals surface area contributed by atoms with E-state index in [1.54, 1.807) is 18.3 Å². The van der Waals surface area contributed by atoms with Crippen LogP contribution in [0.1, 0.15) is 19.0 Å². The van der Waals surface area contributed by atoms with E-state index in [0.717, 1.165) is 18.8 Å². The molecule has 0 aromatic carbocycles. The van der Waals surface area contributed by atoms with Gasteiger partial charge in [0.05, 0.1) is 18.0 Å². The third-order valence-electron chi connectivity index (χ3n) is 2.22. The van der Waals surface area contributed by atoms with Gasteiger partial charge in [-0.05, 0) is 31.6 Å². The first-order valence-electron chi connectivity index (χ1n) is 5.72. The summed E-state index contributed by atoms with van der Waals surface area (Å²) in [7, 11) is -3.19. The minimum atomic E-state index is -3.19. The van der Waals surface area contributed by atoms with Crippen LogP contribution in [-0.2, 0) is 16.6 Å². The number of sulfonamides is 1. The topological polar surface area (TPSA) is 71.1 Å². The summed E-state index contributed by atoms with van der Waals surface area (Å²) in [4.78, 5) is 4.05. The van der Waals surface area contributed by atoms with Gasteiger partial charge < -0.3 is 5.32 Å². The maximum atomic E-state index is 11.6. The molecule has 1 aromatic heterocycles. The lowest BCUT2D eigenvalue weighted by molar-refractivity contribution is 0.575. The molecule has 0 fully saturated rings. The van der Waals surface area contributed by atoms with Crippen LogP contribution in [0.15, 0.2) is 24.4 Å². The highest BCUT2D eigenvalue weighted by Crippen LogP contribution is 1.95. The lowest BCUT2D eigenvalue weighted by Crippen LogP contribution is -2.28. The second-order valence-electron chi connectivity index (χ2n) is 3.67. The van der Waals surface area contributed by atoms with E-state index in [9.17, 15) is 8.42 Å². The molecule has 0 saturated heterocycles. The average Bonchev–Trinajstić information content (AvgIpc) is 2.34. The molecule has 1 aromatic rings. The number of rotatable bonds is 8. The highest BCUT2D eigenvalue weighted by molar-refractivity contribution is 7.89. The number of aromatic nitrogens is 1. The van der Waals surface area contributed by atoms with Crippen molar-refractivity contribution in [2.75, 3.05) is 18.8 Å². The SMILES string of the molecule is CCNCCCS(=O)(=O)NCc1ccccn1. The Morgan fingerprint density at radius 3 is 2.82 bits per heavy atom. The average molecular weight is 257 g/mol. The summed E-state index contributed by atoms with van der Waals surface area (Å²) in [5.41, 5.74) is 0.725. The largest absolute Gasteiger partial charge is 0.317 e. The second-order valence-corrected chi connectivity index (χ2v) is 5.59. The zero-order valence-corrected chi connectivity index (χ0v) is 10.8. The molecular formula is C11H19N3O2S. The van der Waals surface area contributed by atoms with E-state index in [-0.39, 0.29) is 12.3 Å². The summed E-state index contributed by atoms with van der Waals surface area (Å²) in [6.07, 6.45) is 2.26. The molecule has 0 atom stereocenters. The molecular weight excluding hydrogens is 238 g/mol. The Balaban J connectivity index is 2.30. The molecule has 1 heterocycles. The van der Waals surface area contributed by atoms with Gasteiger partial charge in [0.1, 0.15) is 0 Å². The van der Waals surface area contributed by atoms with Gasteiger partial charge in [-0.25, -0.2) is 13.1 Å². The van der Waals surface area contributed by atoms with Crippen molar-refractivity contribution < 1.29 is 8.42 Å². The van der Waals surface area contributed by atoms with E-state index in [2.05, 4.69) is 15.0 Å². The van der Waals surface area contributed by atoms with Crippen molar-refractivity contribution in [2.45, 2.75) is 19.9 Å². The highest BCUT2D eigenvalue weighted by Gasteiger charge is 2.09. The van der Waals surface area contributed by atoms with Crippen LogP contribution >= 0.6 is 0 Å². The first-order chi connectivity index (χ1) is 8.14. The summed E-state index contributed by atoms with van der Waals surface area (Å²) < 4.78 is 25.7. The summed E-state index contributed by atoms with van der Waals surface area (Å²) in [6, 6.07) is 5.43. The van der Waals surface area contributed by atoms with Crippen LogP contribution in [0.25, 0.3) is 0 Å². The van der Waals surface area contributed by atoms with Crippen molar-refractivity contribution >= 4 is 10.0 Å². The first-order valence-corrected chi connectivity index (χ1v) is 7.37. The van der Waals surface area contributed by atoms with E-state index in [0.29, 0.717) is 6.42 Å². The number of hydrogen-bond acceptors (Lipinski definition) is 4. The van der Waals surface area contributed by atoms with Crippen molar-refractivity contribution in [3.05, 3.63) is 30.1 Å². The smallest absolute Gasteiger partial charge is 0.211 e. The van der Waals surface area contributed by atoms with Gasteiger partial charge in [-0.2, -0.15) is 0 Å². The van der Waals surface area contributed by atoms with E-state index in [1.807, 2.05) is 13.0 Å². The summed E-state index contributed by atoms with van der Waals surface area (Å²) in [6.45, 7) is 3.83. The lowest BCUT2D eigenvalue weighted by atomic mass is 10.4. The van der Waals surface area contributed by atoms with Gasteiger partial charge in [-0.15, -0.1) is 0 Å². The number of nitrogens with zero attached hydrogens (tertiary/aromatic N) is 1. The fourth-order valence-corrected chi connectivity index (χ4v) is 2.36. The van der Waals surface area contributed by atoms with Crippen molar-refractivity contribution in [3.63, 3.8) is 0 Å². The van der Waals surface area contributed by atoms with Crippen LogP contribution in [-0.4, -0.2) is 32.2 Å². The van der Waals surface area contributed by atoms with Crippen LogP contribution in [0, 0.1) is 0 Å². The molecule has 0 unspecified atom stereocenters. The molecule has 0 spiro atoms. The van der Waals surface area contributed by atoms with Crippen LogP contribution in [0.5, 0.6) is 0 Å². The van der Waals surface area contributed by atoms with Crippen molar-refractivity contribution in [1.29, 1.82) is 0 Å². The van der Waals surface area contributed by atoms with E-state index in [1.165, 1.54) is 0 Å². The summed E-state index contributed by atoms with van der Waals surface area (Å²) >= 11 is 0. The maximum Gasteiger partial charge on any atom is 0.211 e. The minimum Gasteiger partial charge on any atom is -0.317 e. The molecule has 0 aliphatic carbocycles. The Hall–Kier alpha value is -0.980. The lowest BCUT2D eigenvalue weighted by Gasteiger charge is -2.06. The molecule has 0 aliphatic heterocycles. The molecule has 96 valence electrons. The third kappa shape index (κ3) is 6.35. The van der Waals surface area contributed by atoms with Crippen LogP contribution < -0.4 is 10.0 Å². The maximum absolute atomic E-state index is 11.6. The Morgan fingerprint density at radius 1 is 1.35 bits per heavy atom. The number of hydrogen-bond donors (Lipinski definition) is 2. The van der Waals surface area contributed by atoms with Crippen LogP contribution in [0.2, 0.25) is 0 Å². The monoisotopic (exact) mass is 257 g/mol. The first kappa shape index (κ1) is 14.1. The van der Waals surface area contributed by atoms with E-state index < -0.39 is 10.0 Å². The number of nitrogens with one attached hydrogen (secondary N) is 2. The predicted molar refractivity (Wildman–Crippen MR) is 68.0 cm³/mol. The highest BCUT2D eigenvalue weighted by atomic mass is 32.2. The Labute approximate surface area is 103 Å². The molecule has 17 heavy (non-hydrogen) atoms. The van der Waals surface area contributed by atoms with Crippen molar-refractivity contribution in [2.24, 2.45) is 0 Å². The van der Waals surface area contributed by atoms with Gasteiger partial charge in [0.2, 0.25) is 10.0 Å². The van der Waals surface area contributed by atoms with Gasteiger partial charge in [-0.1, -0.05) is 13.0 Å². The Bertz CT molecular complexity index is 406. The van der Waals surface area contributed by atoms with E-state index in [4.69, 9.17) is 0 Å². The molecule has 0 amide bonds. The number of pyridine rings is 1. The summed E-state index contributed by atoms with van der Waals surface area (Å²) in [5.74, 6) is 0.146. The quantitative estimate of drug-likeness (QED) is 0.665. The van der Waals surface area contributed by atoms with Gasteiger partial charge in [0, 0.05) is 6.20 Å². The molecule has 6 heteroatoms. The molecule has 5 nitrogen and oxygen atoms in total.